The monoisotopic (exact) mass is 268 g/mol. The Morgan fingerprint density at radius 1 is 1.10 bits per heavy atom. The van der Waals surface area contributed by atoms with Gasteiger partial charge in [0.1, 0.15) is 23.7 Å². The fourth-order valence-electron chi connectivity index (χ4n) is 2.10. The summed E-state index contributed by atoms with van der Waals surface area (Å²) in [6.07, 6.45) is 0. The van der Waals surface area contributed by atoms with Crippen LogP contribution in [0.4, 0.5) is 0 Å². The van der Waals surface area contributed by atoms with Crippen molar-refractivity contribution < 1.29 is 19.4 Å². The molecule has 0 amide bonds. The average Bonchev–Trinajstić information content (AvgIpc) is 2.89. The summed E-state index contributed by atoms with van der Waals surface area (Å²) in [4.78, 5) is 11.5. The van der Waals surface area contributed by atoms with Gasteiger partial charge in [0.15, 0.2) is 5.78 Å². The highest BCUT2D eigenvalue weighted by Crippen LogP contribution is 2.30. The number of benzene rings is 2. The minimum Gasteiger partial charge on any atom is -0.508 e. The van der Waals surface area contributed by atoms with E-state index in [1.54, 1.807) is 36.4 Å². The Kier molecular flexibility index (Phi) is 3.00. The van der Waals surface area contributed by atoms with Crippen LogP contribution in [0.3, 0.4) is 0 Å². The number of aliphatic hydroxyl groups is 1. The number of hydrogen-bond acceptors (Lipinski definition) is 4. The van der Waals surface area contributed by atoms with Gasteiger partial charge in [-0.3, -0.25) is 4.79 Å². The van der Waals surface area contributed by atoms with Crippen molar-refractivity contribution in [2.45, 2.75) is 0 Å². The molecule has 0 saturated carbocycles. The van der Waals surface area contributed by atoms with Crippen LogP contribution in [0.1, 0.15) is 10.4 Å². The van der Waals surface area contributed by atoms with E-state index in [1.807, 2.05) is 12.1 Å². The number of phenolic OH excluding ortho intramolecular Hbond substituents is 1. The smallest absolute Gasteiger partial charge is 0.188 e. The van der Waals surface area contributed by atoms with Gasteiger partial charge in [-0.05, 0) is 24.3 Å². The first-order valence-electron chi connectivity index (χ1n) is 6.14. The summed E-state index contributed by atoms with van der Waals surface area (Å²) in [5, 5.41) is 19.2. The van der Waals surface area contributed by atoms with Gasteiger partial charge in [-0.15, -0.1) is 0 Å². The molecule has 0 fully saturated rings. The zero-order chi connectivity index (χ0) is 14.1. The first kappa shape index (κ1) is 12.4. The summed E-state index contributed by atoms with van der Waals surface area (Å²) >= 11 is 0. The first-order valence-corrected chi connectivity index (χ1v) is 6.14. The third-order valence-corrected chi connectivity index (χ3v) is 3.12. The third-order valence-electron chi connectivity index (χ3n) is 3.12. The highest BCUT2D eigenvalue weighted by Gasteiger charge is 2.10. The third kappa shape index (κ3) is 2.17. The van der Waals surface area contributed by atoms with Crippen LogP contribution in [0.15, 0.2) is 52.9 Å². The maximum atomic E-state index is 11.5. The van der Waals surface area contributed by atoms with E-state index < -0.39 is 6.61 Å². The van der Waals surface area contributed by atoms with E-state index in [0.717, 1.165) is 10.9 Å². The number of hydrogen-bond donors (Lipinski definition) is 2. The summed E-state index contributed by atoms with van der Waals surface area (Å²) in [6, 6.07) is 13.6. The predicted molar refractivity (Wildman–Crippen MR) is 74.7 cm³/mol. The molecule has 1 heterocycles. The molecular formula is C16H12O4. The van der Waals surface area contributed by atoms with Crippen molar-refractivity contribution in [3.8, 4) is 17.1 Å². The van der Waals surface area contributed by atoms with Gasteiger partial charge in [-0.2, -0.15) is 0 Å². The minimum atomic E-state index is -0.522. The Morgan fingerprint density at radius 2 is 1.95 bits per heavy atom. The molecule has 0 aliphatic heterocycles. The summed E-state index contributed by atoms with van der Waals surface area (Å²) < 4.78 is 5.70. The number of carbonyl (C=O) groups is 1. The topological polar surface area (TPSA) is 70.7 Å². The Morgan fingerprint density at radius 3 is 2.70 bits per heavy atom. The number of aliphatic hydroxyl groups excluding tert-OH is 1. The Bertz CT molecular complexity index is 786. The molecule has 3 rings (SSSR count). The summed E-state index contributed by atoms with van der Waals surface area (Å²) in [5.74, 6) is 0.436. The summed E-state index contributed by atoms with van der Waals surface area (Å²) in [7, 11) is 0. The molecule has 4 nitrogen and oxygen atoms in total. The Balaban J connectivity index is 2.09. The SMILES string of the molecule is O=C(CO)c1ccc2cc(-c3cccc(O)c3)oc2c1. The summed E-state index contributed by atoms with van der Waals surface area (Å²) in [6.45, 7) is -0.522. The molecule has 0 aliphatic rings. The van der Waals surface area contributed by atoms with E-state index in [2.05, 4.69) is 0 Å². The van der Waals surface area contributed by atoms with Crippen molar-refractivity contribution in [1.29, 1.82) is 0 Å². The maximum Gasteiger partial charge on any atom is 0.188 e. The number of rotatable bonds is 3. The lowest BCUT2D eigenvalue weighted by molar-refractivity contribution is 0.0904. The number of Topliss-reactive ketones (excluding diaryl/α,β-unsaturated/α-hetero) is 1. The number of furan rings is 1. The van der Waals surface area contributed by atoms with Gasteiger partial charge < -0.3 is 14.6 Å². The first-order chi connectivity index (χ1) is 9.67. The maximum absolute atomic E-state index is 11.5. The molecule has 4 heteroatoms. The van der Waals surface area contributed by atoms with E-state index in [1.165, 1.54) is 0 Å². The van der Waals surface area contributed by atoms with Crippen molar-refractivity contribution in [2.24, 2.45) is 0 Å². The van der Waals surface area contributed by atoms with Crippen LogP contribution in [0.25, 0.3) is 22.3 Å². The fraction of sp³-hybridized carbons (Fsp3) is 0.0625. The van der Waals surface area contributed by atoms with Crippen LogP contribution in [-0.2, 0) is 0 Å². The van der Waals surface area contributed by atoms with Gasteiger partial charge in [0.25, 0.3) is 0 Å². The number of ketones is 1. The van der Waals surface area contributed by atoms with Gasteiger partial charge >= 0.3 is 0 Å². The number of carbonyl (C=O) groups excluding carboxylic acids is 1. The molecule has 0 saturated heterocycles. The quantitative estimate of drug-likeness (QED) is 0.716. The van der Waals surface area contributed by atoms with Crippen LogP contribution in [0.2, 0.25) is 0 Å². The van der Waals surface area contributed by atoms with Crippen molar-refractivity contribution in [2.75, 3.05) is 6.61 Å². The lowest BCUT2D eigenvalue weighted by atomic mass is 10.1. The average molecular weight is 268 g/mol. The minimum absolute atomic E-state index is 0.166. The van der Waals surface area contributed by atoms with Crippen LogP contribution < -0.4 is 0 Å². The fourth-order valence-corrected chi connectivity index (χ4v) is 2.10. The van der Waals surface area contributed by atoms with Crippen molar-refractivity contribution in [3.05, 3.63) is 54.1 Å². The summed E-state index contributed by atoms with van der Waals surface area (Å²) in [5.41, 5.74) is 1.75. The van der Waals surface area contributed by atoms with Gasteiger partial charge in [-0.25, -0.2) is 0 Å². The highest BCUT2D eigenvalue weighted by atomic mass is 16.3. The van der Waals surface area contributed by atoms with E-state index in [4.69, 9.17) is 9.52 Å². The molecule has 0 spiro atoms. The van der Waals surface area contributed by atoms with E-state index >= 15 is 0 Å². The normalized spacial score (nSPS) is 10.8. The van der Waals surface area contributed by atoms with Gasteiger partial charge in [0, 0.05) is 16.5 Å². The van der Waals surface area contributed by atoms with Gasteiger partial charge in [0.2, 0.25) is 0 Å². The number of phenols is 1. The second-order valence-corrected chi connectivity index (χ2v) is 4.49. The Hall–Kier alpha value is -2.59. The molecular weight excluding hydrogens is 256 g/mol. The lowest BCUT2D eigenvalue weighted by Crippen LogP contribution is -2.03. The Labute approximate surface area is 114 Å². The molecule has 100 valence electrons. The number of fused-ring (bicyclic) bond motifs is 1. The molecule has 1 aromatic heterocycles. The predicted octanol–water partition coefficient (Wildman–Crippen LogP) is 2.98. The van der Waals surface area contributed by atoms with E-state index in [9.17, 15) is 9.90 Å². The molecule has 0 bridgehead atoms. The van der Waals surface area contributed by atoms with Crippen molar-refractivity contribution in [3.63, 3.8) is 0 Å². The van der Waals surface area contributed by atoms with Gasteiger partial charge in [0.05, 0.1) is 0 Å². The van der Waals surface area contributed by atoms with Crippen molar-refractivity contribution in [1.82, 2.24) is 0 Å². The van der Waals surface area contributed by atoms with Crippen LogP contribution in [0, 0.1) is 0 Å². The molecule has 2 aromatic carbocycles. The molecule has 0 aliphatic carbocycles. The van der Waals surface area contributed by atoms with E-state index in [0.29, 0.717) is 16.9 Å². The second-order valence-electron chi connectivity index (χ2n) is 4.49. The highest BCUT2D eigenvalue weighted by molar-refractivity contribution is 6.00. The van der Waals surface area contributed by atoms with Crippen LogP contribution >= 0.6 is 0 Å². The zero-order valence-electron chi connectivity index (χ0n) is 10.5. The van der Waals surface area contributed by atoms with Crippen LogP contribution in [-0.4, -0.2) is 22.6 Å². The number of aromatic hydroxyl groups is 1. The van der Waals surface area contributed by atoms with Gasteiger partial charge in [-0.1, -0.05) is 24.3 Å². The largest absolute Gasteiger partial charge is 0.508 e. The van der Waals surface area contributed by atoms with E-state index in [-0.39, 0.29) is 11.5 Å². The standard InChI is InChI=1S/C16H12O4/c17-9-14(19)10-4-5-12-8-16(20-15(12)7-10)11-2-1-3-13(18)6-11/h1-8,17-18H,9H2. The molecule has 3 aromatic rings. The molecule has 0 unspecified atom stereocenters. The molecule has 2 N–H and O–H groups in total. The molecule has 20 heavy (non-hydrogen) atoms. The molecule has 0 atom stereocenters. The lowest BCUT2D eigenvalue weighted by Gasteiger charge is -1.97. The second kappa shape index (κ2) is 4.83. The van der Waals surface area contributed by atoms with Crippen molar-refractivity contribution >= 4 is 16.8 Å². The van der Waals surface area contributed by atoms with Crippen LogP contribution in [0.5, 0.6) is 5.75 Å². The zero-order valence-corrected chi connectivity index (χ0v) is 10.5. The molecule has 0 radical (unpaired) electrons.